The van der Waals surface area contributed by atoms with Gasteiger partial charge in [-0.3, -0.25) is 4.79 Å². The lowest BCUT2D eigenvalue weighted by Gasteiger charge is -1.88. The summed E-state index contributed by atoms with van der Waals surface area (Å²) in [6.45, 7) is 3.56. The van der Waals surface area contributed by atoms with Gasteiger partial charge in [0.15, 0.2) is 5.78 Å². The first kappa shape index (κ1) is 6.99. The maximum Gasteiger partial charge on any atom is 0.184 e. The van der Waals surface area contributed by atoms with E-state index in [2.05, 4.69) is 16.6 Å². The van der Waals surface area contributed by atoms with Crippen LogP contribution in [0.5, 0.6) is 0 Å². The minimum atomic E-state index is -0.0104. The van der Waals surface area contributed by atoms with Gasteiger partial charge in [0.05, 0.1) is 0 Å². The minimum absolute atomic E-state index is 0.0104. The second-order valence-corrected chi connectivity index (χ2v) is 1.91. The second kappa shape index (κ2) is 3.15. The van der Waals surface area contributed by atoms with Gasteiger partial charge in [0.2, 0.25) is 0 Å². The molecule has 0 aliphatic carbocycles. The molecule has 0 aliphatic heterocycles. The van der Waals surface area contributed by atoms with Gasteiger partial charge in [0.25, 0.3) is 0 Å². The topological polar surface area (TPSA) is 43.1 Å². The predicted molar refractivity (Wildman–Crippen MR) is 35.4 cm³/mol. The van der Waals surface area contributed by atoms with Crippen LogP contribution < -0.4 is 0 Å². The number of hydrogen-bond donors (Lipinski definition) is 0. The Morgan fingerprint density at radius 3 is 3.10 bits per heavy atom. The highest BCUT2D eigenvalue weighted by molar-refractivity contribution is 5.93. The quantitative estimate of drug-likeness (QED) is 0.594. The molecule has 0 saturated heterocycles. The Labute approximate surface area is 59.0 Å². The van der Waals surface area contributed by atoms with Crippen LogP contribution in [0, 0.1) is 6.92 Å². The van der Waals surface area contributed by atoms with Crippen molar-refractivity contribution >= 4 is 5.78 Å². The summed E-state index contributed by atoms with van der Waals surface area (Å²) in [7, 11) is 0. The lowest BCUT2D eigenvalue weighted by molar-refractivity contribution is 0.0975. The van der Waals surface area contributed by atoms with Gasteiger partial charge in [-0.05, 0) is 6.42 Å². The minimum Gasteiger partial charge on any atom is -0.364 e. The summed E-state index contributed by atoms with van der Waals surface area (Å²) in [6, 6.07) is 1.55. The van der Waals surface area contributed by atoms with Gasteiger partial charge >= 0.3 is 0 Å². The maximum atomic E-state index is 10.9. The second-order valence-electron chi connectivity index (χ2n) is 1.91. The van der Waals surface area contributed by atoms with Gasteiger partial charge in [-0.15, -0.1) is 0 Å². The van der Waals surface area contributed by atoms with Crippen LogP contribution in [-0.4, -0.2) is 10.9 Å². The van der Waals surface area contributed by atoms with Crippen molar-refractivity contribution in [3.8, 4) is 0 Å². The number of Topliss-reactive ketones (excluding diaryl/α,β-unsaturated/α-hetero) is 1. The van der Waals surface area contributed by atoms with E-state index in [1.807, 2.05) is 0 Å². The Morgan fingerprint density at radius 1 is 1.80 bits per heavy atom. The van der Waals surface area contributed by atoms with Crippen LogP contribution in [0.1, 0.15) is 23.3 Å². The van der Waals surface area contributed by atoms with Gasteiger partial charge in [-0.1, -0.05) is 12.1 Å². The first-order valence-electron chi connectivity index (χ1n) is 3.07. The normalized spacial score (nSPS) is 9.70. The highest BCUT2D eigenvalue weighted by Gasteiger charge is 2.05. The summed E-state index contributed by atoms with van der Waals surface area (Å²) in [6.07, 6.45) is 2.43. The van der Waals surface area contributed by atoms with Crippen molar-refractivity contribution in [1.29, 1.82) is 0 Å². The van der Waals surface area contributed by atoms with E-state index in [0.717, 1.165) is 0 Å². The van der Waals surface area contributed by atoms with Crippen molar-refractivity contribution in [3.63, 3.8) is 0 Å². The third-order valence-electron chi connectivity index (χ3n) is 1.13. The number of nitrogens with zero attached hydrogens (tertiary/aromatic N) is 1. The summed E-state index contributed by atoms with van der Waals surface area (Å²) in [4.78, 5) is 10.9. The van der Waals surface area contributed by atoms with E-state index in [4.69, 9.17) is 0 Å². The van der Waals surface area contributed by atoms with Crippen molar-refractivity contribution < 1.29 is 9.32 Å². The molecule has 0 atom stereocenters. The fourth-order valence-corrected chi connectivity index (χ4v) is 0.645. The number of aromatic nitrogens is 1. The van der Waals surface area contributed by atoms with E-state index < -0.39 is 0 Å². The molecule has 1 radical (unpaired) electrons. The van der Waals surface area contributed by atoms with Gasteiger partial charge < -0.3 is 4.52 Å². The van der Waals surface area contributed by atoms with Gasteiger partial charge in [0, 0.05) is 12.5 Å². The number of carbonyl (C=O) groups is 1. The van der Waals surface area contributed by atoms with Crippen LogP contribution in [0.15, 0.2) is 16.9 Å². The molecule has 3 heteroatoms. The first-order chi connectivity index (χ1) is 4.84. The molecule has 0 amide bonds. The lowest BCUT2D eigenvalue weighted by Crippen LogP contribution is -1.97. The summed E-state index contributed by atoms with van der Waals surface area (Å²) in [5, 5.41) is 3.48. The van der Waals surface area contributed by atoms with Crippen LogP contribution in [0.2, 0.25) is 0 Å². The van der Waals surface area contributed by atoms with Crippen molar-refractivity contribution in [3.05, 3.63) is 24.9 Å². The zero-order chi connectivity index (χ0) is 7.40. The molecule has 3 nitrogen and oxygen atoms in total. The average molecular weight is 138 g/mol. The standard InChI is InChI=1S/C7H8NO2/c1-2-3-7(9)6-4-5-10-8-6/h4-5H,1-3H2. The number of rotatable bonds is 3. The maximum absolute atomic E-state index is 10.9. The van der Waals surface area contributed by atoms with Crippen LogP contribution in [-0.2, 0) is 0 Å². The third kappa shape index (κ3) is 1.43. The van der Waals surface area contributed by atoms with Crippen LogP contribution in [0.3, 0.4) is 0 Å². The molecule has 0 fully saturated rings. The molecule has 10 heavy (non-hydrogen) atoms. The SMILES string of the molecule is [CH2]CCC(=O)c1ccon1. The molecule has 1 aromatic rings. The molecular weight excluding hydrogens is 130 g/mol. The van der Waals surface area contributed by atoms with E-state index >= 15 is 0 Å². The molecule has 0 unspecified atom stereocenters. The van der Waals surface area contributed by atoms with Crippen LogP contribution >= 0.6 is 0 Å². The van der Waals surface area contributed by atoms with E-state index in [0.29, 0.717) is 18.5 Å². The largest absolute Gasteiger partial charge is 0.364 e. The third-order valence-corrected chi connectivity index (χ3v) is 1.13. The summed E-state index contributed by atoms with van der Waals surface area (Å²) in [5.74, 6) is -0.0104. The smallest absolute Gasteiger partial charge is 0.184 e. The molecule has 0 spiro atoms. The lowest BCUT2D eigenvalue weighted by atomic mass is 10.2. The molecule has 1 heterocycles. The Balaban J connectivity index is 2.59. The fourth-order valence-electron chi connectivity index (χ4n) is 0.645. The molecule has 0 bridgehead atoms. The van der Waals surface area contributed by atoms with E-state index in [1.165, 1.54) is 6.26 Å². The highest BCUT2D eigenvalue weighted by atomic mass is 16.5. The molecule has 0 saturated carbocycles. The summed E-state index contributed by atoms with van der Waals surface area (Å²) in [5.41, 5.74) is 0.392. The highest BCUT2D eigenvalue weighted by Crippen LogP contribution is 2.00. The molecule has 53 valence electrons. The van der Waals surface area contributed by atoms with Crippen molar-refractivity contribution in [2.45, 2.75) is 12.8 Å². The Morgan fingerprint density at radius 2 is 2.60 bits per heavy atom. The number of hydrogen-bond acceptors (Lipinski definition) is 3. The molecule has 0 aromatic carbocycles. The van der Waals surface area contributed by atoms with Crippen molar-refractivity contribution in [1.82, 2.24) is 5.16 Å². The first-order valence-corrected chi connectivity index (χ1v) is 3.07. The molecular formula is C7H8NO2. The van der Waals surface area contributed by atoms with Gasteiger partial charge in [0.1, 0.15) is 12.0 Å². The van der Waals surface area contributed by atoms with Crippen LogP contribution in [0.4, 0.5) is 0 Å². The monoisotopic (exact) mass is 138 g/mol. The predicted octanol–water partition coefficient (Wildman–Crippen LogP) is 1.47. The average Bonchev–Trinajstić information content (AvgIpc) is 2.38. The zero-order valence-corrected chi connectivity index (χ0v) is 5.54. The molecule has 0 aliphatic rings. The van der Waals surface area contributed by atoms with Crippen molar-refractivity contribution in [2.75, 3.05) is 0 Å². The van der Waals surface area contributed by atoms with Gasteiger partial charge in [-0.2, -0.15) is 0 Å². The number of ketones is 1. The van der Waals surface area contributed by atoms with Gasteiger partial charge in [-0.25, -0.2) is 0 Å². The molecule has 1 aromatic heterocycles. The molecule has 1 rings (SSSR count). The summed E-state index contributed by atoms with van der Waals surface area (Å²) >= 11 is 0. The Kier molecular flexibility index (Phi) is 2.20. The van der Waals surface area contributed by atoms with Crippen LogP contribution in [0.25, 0.3) is 0 Å². The molecule has 0 N–H and O–H groups in total. The Hall–Kier alpha value is -1.12. The van der Waals surface area contributed by atoms with Crippen molar-refractivity contribution in [2.24, 2.45) is 0 Å². The Bertz CT molecular complexity index is 203. The summed E-state index contributed by atoms with van der Waals surface area (Å²) < 4.78 is 4.49. The number of carbonyl (C=O) groups excluding carboxylic acids is 1. The van der Waals surface area contributed by atoms with E-state index in [9.17, 15) is 4.79 Å². The van der Waals surface area contributed by atoms with E-state index in [-0.39, 0.29) is 5.78 Å². The zero-order valence-electron chi connectivity index (χ0n) is 5.54. The fraction of sp³-hybridized carbons (Fsp3) is 0.286. The van der Waals surface area contributed by atoms with E-state index in [1.54, 1.807) is 6.07 Å².